The number of aromatic amines is 1. The predicted octanol–water partition coefficient (Wildman–Crippen LogP) is 3.68. The van der Waals surface area contributed by atoms with Gasteiger partial charge in [0.15, 0.2) is 0 Å². The van der Waals surface area contributed by atoms with Gasteiger partial charge in [-0.3, -0.25) is 19.7 Å². The lowest BCUT2D eigenvalue weighted by atomic mass is 9.95. The summed E-state index contributed by atoms with van der Waals surface area (Å²) in [5.41, 5.74) is 2.80. The van der Waals surface area contributed by atoms with E-state index in [-0.39, 0.29) is 17.7 Å². The van der Waals surface area contributed by atoms with E-state index in [1.807, 2.05) is 42.7 Å². The number of carbonyl (C=O) groups is 2. The summed E-state index contributed by atoms with van der Waals surface area (Å²) in [5.74, 6) is -0.176. The van der Waals surface area contributed by atoms with Crippen LogP contribution in [0.15, 0.2) is 59.8 Å². The maximum atomic E-state index is 12.8. The zero-order valence-electron chi connectivity index (χ0n) is 16.7. The molecule has 1 fully saturated rings. The van der Waals surface area contributed by atoms with Crippen LogP contribution in [0.25, 0.3) is 11.3 Å². The maximum Gasteiger partial charge on any atom is 0.271 e. The van der Waals surface area contributed by atoms with E-state index in [0.29, 0.717) is 37.3 Å². The van der Waals surface area contributed by atoms with Crippen molar-refractivity contribution in [3.05, 3.63) is 60.6 Å². The van der Waals surface area contributed by atoms with Gasteiger partial charge in [-0.1, -0.05) is 6.07 Å². The maximum absolute atomic E-state index is 12.8. The summed E-state index contributed by atoms with van der Waals surface area (Å²) in [5, 5.41) is 10.1. The van der Waals surface area contributed by atoms with Gasteiger partial charge in [-0.25, -0.2) is 0 Å². The highest BCUT2D eigenvalue weighted by atomic mass is 32.2. The fraction of sp³-hybridized carbons (Fsp3) is 0.273. The van der Waals surface area contributed by atoms with Gasteiger partial charge in [-0.05, 0) is 55.5 Å². The van der Waals surface area contributed by atoms with Crippen molar-refractivity contribution in [3.63, 3.8) is 0 Å². The first kappa shape index (κ1) is 20.2. The van der Waals surface area contributed by atoms with E-state index < -0.39 is 0 Å². The SMILES string of the molecule is CSc1cccc(NC(=O)C2CCN(C(=O)c3cc(-c4cccnc4)n[nH]3)CC2)c1. The standard InChI is InChI=1S/C22H23N5O2S/c1-30-18-6-2-5-17(12-18)24-21(28)15-7-10-27(11-8-15)22(29)20-13-19(25-26-20)16-4-3-9-23-14-16/h2-6,9,12-15H,7-8,10-11H2,1H3,(H,24,28)(H,25,26). The summed E-state index contributed by atoms with van der Waals surface area (Å²) >= 11 is 1.64. The molecule has 1 saturated heterocycles. The summed E-state index contributed by atoms with van der Waals surface area (Å²) in [6.45, 7) is 1.09. The fourth-order valence-electron chi connectivity index (χ4n) is 3.55. The highest BCUT2D eigenvalue weighted by molar-refractivity contribution is 7.98. The number of nitrogens with zero attached hydrogens (tertiary/aromatic N) is 3. The molecule has 0 radical (unpaired) electrons. The molecule has 1 aliphatic heterocycles. The number of benzene rings is 1. The van der Waals surface area contributed by atoms with Crippen molar-refractivity contribution in [2.45, 2.75) is 17.7 Å². The van der Waals surface area contributed by atoms with Crippen LogP contribution in [0.4, 0.5) is 5.69 Å². The first-order valence-electron chi connectivity index (χ1n) is 9.84. The monoisotopic (exact) mass is 421 g/mol. The molecule has 7 nitrogen and oxygen atoms in total. The van der Waals surface area contributed by atoms with E-state index >= 15 is 0 Å². The number of amides is 2. The van der Waals surface area contributed by atoms with Crippen LogP contribution in [-0.2, 0) is 4.79 Å². The van der Waals surface area contributed by atoms with Crippen LogP contribution in [0.3, 0.4) is 0 Å². The topological polar surface area (TPSA) is 91.0 Å². The Hall–Kier alpha value is -3.13. The number of anilines is 1. The average Bonchev–Trinajstić information content (AvgIpc) is 3.30. The molecule has 1 aromatic carbocycles. The van der Waals surface area contributed by atoms with Gasteiger partial charge in [0.1, 0.15) is 5.69 Å². The smallest absolute Gasteiger partial charge is 0.271 e. The van der Waals surface area contributed by atoms with Gasteiger partial charge in [-0.2, -0.15) is 5.10 Å². The molecule has 0 aliphatic carbocycles. The summed E-state index contributed by atoms with van der Waals surface area (Å²) in [6, 6.07) is 13.3. The highest BCUT2D eigenvalue weighted by Gasteiger charge is 2.28. The van der Waals surface area contributed by atoms with Gasteiger partial charge in [0.05, 0.1) is 5.69 Å². The lowest BCUT2D eigenvalue weighted by Gasteiger charge is -2.31. The number of nitrogens with one attached hydrogen (secondary N) is 2. The largest absolute Gasteiger partial charge is 0.337 e. The first-order chi connectivity index (χ1) is 14.6. The molecule has 4 rings (SSSR count). The zero-order valence-corrected chi connectivity index (χ0v) is 17.5. The highest BCUT2D eigenvalue weighted by Crippen LogP contribution is 2.24. The Morgan fingerprint density at radius 3 is 2.73 bits per heavy atom. The second-order valence-corrected chi connectivity index (χ2v) is 8.08. The number of thioether (sulfide) groups is 1. The number of rotatable bonds is 5. The van der Waals surface area contributed by atoms with Crippen molar-refractivity contribution in [2.75, 3.05) is 24.7 Å². The van der Waals surface area contributed by atoms with Crippen molar-refractivity contribution in [3.8, 4) is 11.3 Å². The van der Waals surface area contributed by atoms with Gasteiger partial charge in [-0.15, -0.1) is 11.8 Å². The van der Waals surface area contributed by atoms with Crippen LogP contribution in [0.1, 0.15) is 23.3 Å². The van der Waals surface area contributed by atoms with Crippen LogP contribution in [-0.4, -0.2) is 51.2 Å². The molecule has 0 bridgehead atoms. The molecule has 1 aliphatic rings. The van der Waals surface area contributed by atoms with Crippen LogP contribution in [0, 0.1) is 5.92 Å². The molecule has 0 saturated carbocycles. The van der Waals surface area contributed by atoms with Gasteiger partial charge in [0.25, 0.3) is 5.91 Å². The Kier molecular flexibility index (Phi) is 6.13. The van der Waals surface area contributed by atoms with Crippen LogP contribution in [0.5, 0.6) is 0 Å². The third-order valence-corrected chi connectivity index (χ3v) is 5.98. The number of pyridine rings is 1. The van der Waals surface area contributed by atoms with Gasteiger partial charge in [0, 0.05) is 47.5 Å². The van der Waals surface area contributed by atoms with E-state index in [1.54, 1.807) is 35.1 Å². The molecule has 3 aromatic rings. The normalized spacial score (nSPS) is 14.5. The third kappa shape index (κ3) is 4.54. The number of hydrogen-bond acceptors (Lipinski definition) is 5. The Morgan fingerprint density at radius 2 is 2.00 bits per heavy atom. The molecule has 30 heavy (non-hydrogen) atoms. The molecule has 154 valence electrons. The Labute approximate surface area is 179 Å². The van der Waals surface area contributed by atoms with E-state index in [1.165, 1.54) is 0 Å². The Bertz CT molecular complexity index is 1030. The zero-order chi connectivity index (χ0) is 20.9. The number of H-pyrrole nitrogens is 1. The minimum atomic E-state index is -0.0975. The lowest BCUT2D eigenvalue weighted by molar-refractivity contribution is -0.121. The van der Waals surface area contributed by atoms with Crippen molar-refractivity contribution in [1.82, 2.24) is 20.1 Å². The fourth-order valence-corrected chi connectivity index (χ4v) is 4.01. The van der Waals surface area contributed by atoms with Gasteiger partial charge >= 0.3 is 0 Å². The minimum Gasteiger partial charge on any atom is -0.337 e. The van der Waals surface area contributed by atoms with E-state index in [0.717, 1.165) is 16.1 Å². The van der Waals surface area contributed by atoms with E-state index in [9.17, 15) is 9.59 Å². The summed E-state index contributed by atoms with van der Waals surface area (Å²) in [4.78, 5) is 32.4. The quantitative estimate of drug-likeness (QED) is 0.613. The van der Waals surface area contributed by atoms with Crippen molar-refractivity contribution in [2.24, 2.45) is 5.92 Å². The molecule has 2 aromatic heterocycles. The minimum absolute atomic E-state index is 0.0146. The molecule has 3 heterocycles. The number of aromatic nitrogens is 3. The van der Waals surface area contributed by atoms with Crippen molar-refractivity contribution >= 4 is 29.3 Å². The molecule has 8 heteroatoms. The molecule has 0 spiro atoms. The molecule has 0 unspecified atom stereocenters. The first-order valence-corrected chi connectivity index (χ1v) is 11.1. The molecular formula is C22H23N5O2S. The van der Waals surface area contributed by atoms with Crippen LogP contribution in [0.2, 0.25) is 0 Å². The number of hydrogen-bond donors (Lipinski definition) is 2. The summed E-state index contributed by atoms with van der Waals surface area (Å²) < 4.78 is 0. The van der Waals surface area contributed by atoms with Gasteiger partial charge < -0.3 is 10.2 Å². The molecule has 2 N–H and O–H groups in total. The summed E-state index contributed by atoms with van der Waals surface area (Å²) in [7, 11) is 0. The van der Waals surface area contributed by atoms with E-state index in [2.05, 4.69) is 20.5 Å². The predicted molar refractivity (Wildman–Crippen MR) is 117 cm³/mol. The number of piperidine rings is 1. The molecule has 0 atom stereocenters. The summed E-state index contributed by atoms with van der Waals surface area (Å²) in [6.07, 6.45) is 6.70. The Balaban J connectivity index is 1.33. The third-order valence-electron chi connectivity index (χ3n) is 5.26. The second kappa shape index (κ2) is 9.13. The van der Waals surface area contributed by atoms with Crippen molar-refractivity contribution < 1.29 is 9.59 Å². The van der Waals surface area contributed by atoms with E-state index in [4.69, 9.17) is 0 Å². The number of carbonyl (C=O) groups excluding carboxylic acids is 2. The Morgan fingerprint density at radius 1 is 1.17 bits per heavy atom. The van der Waals surface area contributed by atoms with Gasteiger partial charge in [0.2, 0.25) is 5.91 Å². The van der Waals surface area contributed by atoms with Crippen LogP contribution < -0.4 is 5.32 Å². The van der Waals surface area contributed by atoms with Crippen molar-refractivity contribution in [1.29, 1.82) is 0 Å². The average molecular weight is 422 g/mol. The molecular weight excluding hydrogens is 398 g/mol. The van der Waals surface area contributed by atoms with Crippen LogP contribution >= 0.6 is 11.8 Å². The second-order valence-electron chi connectivity index (χ2n) is 7.20. The number of likely N-dealkylation sites (tertiary alicyclic amines) is 1. The molecule has 2 amide bonds. The lowest BCUT2D eigenvalue weighted by Crippen LogP contribution is -2.41.